The van der Waals surface area contributed by atoms with E-state index >= 15 is 0 Å². The average Bonchev–Trinajstić information content (AvgIpc) is 3.07. The number of aryl methyl sites for hydroxylation is 1. The zero-order chi connectivity index (χ0) is 20.4. The van der Waals surface area contributed by atoms with Crippen LogP contribution in [0, 0.1) is 0 Å². The standard InChI is InChI=1S/C26H25F3/c1-2-3-4-5-6-18-7-13-24-21(15-18)17-22-16-20(10-14-25(22)24)19-8-11-23(12-9-19)26(27,28)29/h7-16H,2-6,17H2,1H3. The lowest BCUT2D eigenvalue weighted by atomic mass is 9.98. The Morgan fingerprint density at radius 1 is 0.724 bits per heavy atom. The van der Waals surface area contributed by atoms with Gasteiger partial charge in [-0.05, 0) is 70.3 Å². The van der Waals surface area contributed by atoms with Crippen LogP contribution in [0.1, 0.15) is 54.9 Å². The van der Waals surface area contributed by atoms with E-state index in [0.717, 1.165) is 36.1 Å². The Bertz CT molecular complexity index is 997. The molecule has 3 aromatic rings. The minimum absolute atomic E-state index is 0.610. The Balaban J connectivity index is 1.53. The first-order valence-corrected chi connectivity index (χ1v) is 10.4. The van der Waals surface area contributed by atoms with Crippen molar-refractivity contribution in [2.45, 2.75) is 51.6 Å². The molecule has 0 N–H and O–H groups in total. The summed E-state index contributed by atoms with van der Waals surface area (Å²) in [6, 6.07) is 18.5. The average molecular weight is 394 g/mol. The topological polar surface area (TPSA) is 0 Å². The minimum atomic E-state index is -4.30. The molecule has 29 heavy (non-hydrogen) atoms. The quantitative estimate of drug-likeness (QED) is 0.290. The van der Waals surface area contributed by atoms with Gasteiger partial charge in [-0.3, -0.25) is 0 Å². The maximum Gasteiger partial charge on any atom is 0.416 e. The van der Waals surface area contributed by atoms with Crippen LogP contribution in [-0.4, -0.2) is 0 Å². The number of hydrogen-bond donors (Lipinski definition) is 0. The number of alkyl halides is 3. The summed E-state index contributed by atoms with van der Waals surface area (Å²) < 4.78 is 38.4. The first kappa shape index (κ1) is 19.8. The summed E-state index contributed by atoms with van der Waals surface area (Å²) in [6.07, 6.45) is 2.78. The maximum absolute atomic E-state index is 12.8. The van der Waals surface area contributed by atoms with Gasteiger partial charge in [-0.1, -0.05) is 74.7 Å². The Hall–Kier alpha value is -2.55. The monoisotopic (exact) mass is 394 g/mol. The third-order valence-electron chi connectivity index (χ3n) is 5.81. The van der Waals surface area contributed by atoms with Crippen LogP contribution >= 0.6 is 0 Å². The van der Waals surface area contributed by atoms with Gasteiger partial charge in [-0.2, -0.15) is 13.2 Å². The largest absolute Gasteiger partial charge is 0.416 e. The van der Waals surface area contributed by atoms with Crippen molar-refractivity contribution in [3.8, 4) is 22.3 Å². The van der Waals surface area contributed by atoms with Crippen molar-refractivity contribution in [2.24, 2.45) is 0 Å². The van der Waals surface area contributed by atoms with Crippen molar-refractivity contribution in [3.05, 3.63) is 82.9 Å². The summed E-state index contributed by atoms with van der Waals surface area (Å²) in [5.74, 6) is 0. The summed E-state index contributed by atoms with van der Waals surface area (Å²) in [5, 5.41) is 0. The highest BCUT2D eigenvalue weighted by Crippen LogP contribution is 2.39. The van der Waals surface area contributed by atoms with E-state index in [1.807, 2.05) is 6.07 Å². The van der Waals surface area contributed by atoms with E-state index in [1.165, 1.54) is 53.5 Å². The van der Waals surface area contributed by atoms with Crippen LogP contribution in [0.3, 0.4) is 0 Å². The molecule has 0 aliphatic heterocycles. The molecule has 0 saturated heterocycles. The van der Waals surface area contributed by atoms with Crippen molar-refractivity contribution < 1.29 is 13.2 Å². The lowest BCUT2D eigenvalue weighted by molar-refractivity contribution is -0.137. The van der Waals surface area contributed by atoms with Gasteiger partial charge in [0.15, 0.2) is 0 Å². The summed E-state index contributed by atoms with van der Waals surface area (Å²) in [5.41, 5.74) is 7.71. The van der Waals surface area contributed by atoms with E-state index in [9.17, 15) is 13.2 Å². The Morgan fingerprint density at radius 3 is 2.07 bits per heavy atom. The number of hydrogen-bond acceptors (Lipinski definition) is 0. The number of benzene rings is 3. The van der Waals surface area contributed by atoms with E-state index < -0.39 is 11.7 Å². The van der Waals surface area contributed by atoms with E-state index in [0.29, 0.717) is 0 Å². The van der Waals surface area contributed by atoms with Gasteiger partial charge in [0.05, 0.1) is 5.56 Å². The molecule has 0 spiro atoms. The zero-order valence-electron chi connectivity index (χ0n) is 16.7. The number of fused-ring (bicyclic) bond motifs is 3. The molecule has 0 radical (unpaired) electrons. The second-order valence-electron chi connectivity index (χ2n) is 7.93. The second-order valence-corrected chi connectivity index (χ2v) is 7.93. The molecule has 0 atom stereocenters. The highest BCUT2D eigenvalue weighted by Gasteiger charge is 2.30. The van der Waals surface area contributed by atoms with Gasteiger partial charge >= 0.3 is 6.18 Å². The molecule has 0 saturated carbocycles. The molecule has 0 bridgehead atoms. The maximum atomic E-state index is 12.8. The van der Waals surface area contributed by atoms with Crippen LogP contribution in [0.4, 0.5) is 13.2 Å². The van der Waals surface area contributed by atoms with Crippen LogP contribution in [0.25, 0.3) is 22.3 Å². The predicted molar refractivity (Wildman–Crippen MR) is 113 cm³/mol. The second kappa shape index (κ2) is 8.06. The number of rotatable bonds is 6. The molecular weight excluding hydrogens is 369 g/mol. The fourth-order valence-corrected chi connectivity index (χ4v) is 4.21. The molecule has 150 valence electrons. The fourth-order valence-electron chi connectivity index (χ4n) is 4.21. The predicted octanol–water partition coefficient (Wildman–Crippen LogP) is 8.07. The molecule has 0 aromatic heterocycles. The lowest BCUT2D eigenvalue weighted by Crippen LogP contribution is -2.03. The Labute approximate surface area is 170 Å². The molecule has 1 aliphatic carbocycles. The summed E-state index contributed by atoms with van der Waals surface area (Å²) in [7, 11) is 0. The first-order chi connectivity index (χ1) is 14.0. The van der Waals surface area contributed by atoms with Gasteiger partial charge in [0.2, 0.25) is 0 Å². The zero-order valence-corrected chi connectivity index (χ0v) is 16.7. The van der Waals surface area contributed by atoms with Gasteiger partial charge in [-0.15, -0.1) is 0 Å². The molecule has 0 heterocycles. The first-order valence-electron chi connectivity index (χ1n) is 10.4. The fraction of sp³-hybridized carbons (Fsp3) is 0.308. The van der Waals surface area contributed by atoms with Gasteiger partial charge in [0, 0.05) is 0 Å². The highest BCUT2D eigenvalue weighted by atomic mass is 19.4. The summed E-state index contributed by atoms with van der Waals surface area (Å²) in [6.45, 7) is 2.23. The molecule has 0 amide bonds. The lowest BCUT2D eigenvalue weighted by Gasteiger charge is -2.09. The van der Waals surface area contributed by atoms with Crippen LogP contribution in [0.15, 0.2) is 60.7 Å². The third kappa shape index (κ3) is 4.24. The number of halogens is 3. The van der Waals surface area contributed by atoms with E-state index in [4.69, 9.17) is 0 Å². The number of unbranched alkanes of at least 4 members (excludes halogenated alkanes) is 3. The molecule has 0 fully saturated rings. The van der Waals surface area contributed by atoms with Gasteiger partial charge in [0.25, 0.3) is 0 Å². The molecule has 1 aliphatic rings. The van der Waals surface area contributed by atoms with Crippen molar-refractivity contribution in [3.63, 3.8) is 0 Å². The van der Waals surface area contributed by atoms with Crippen LogP contribution in [-0.2, 0) is 19.0 Å². The van der Waals surface area contributed by atoms with Crippen molar-refractivity contribution >= 4 is 0 Å². The third-order valence-corrected chi connectivity index (χ3v) is 5.81. The summed E-state index contributed by atoms with van der Waals surface area (Å²) >= 11 is 0. The van der Waals surface area contributed by atoms with E-state index in [2.05, 4.69) is 37.3 Å². The Morgan fingerprint density at radius 2 is 1.38 bits per heavy atom. The van der Waals surface area contributed by atoms with E-state index in [-0.39, 0.29) is 0 Å². The molecule has 4 rings (SSSR count). The molecule has 3 aromatic carbocycles. The van der Waals surface area contributed by atoms with Crippen LogP contribution in [0.5, 0.6) is 0 Å². The molecule has 0 nitrogen and oxygen atoms in total. The van der Waals surface area contributed by atoms with Crippen LogP contribution < -0.4 is 0 Å². The van der Waals surface area contributed by atoms with Crippen LogP contribution in [0.2, 0.25) is 0 Å². The molecule has 0 unspecified atom stereocenters. The van der Waals surface area contributed by atoms with Gasteiger partial charge in [0.1, 0.15) is 0 Å². The molecule has 3 heteroatoms. The summed E-state index contributed by atoms with van der Waals surface area (Å²) in [4.78, 5) is 0. The normalized spacial score (nSPS) is 12.7. The smallest absolute Gasteiger partial charge is 0.166 e. The Kier molecular flexibility index (Phi) is 5.49. The van der Waals surface area contributed by atoms with Gasteiger partial charge in [-0.25, -0.2) is 0 Å². The van der Waals surface area contributed by atoms with Crippen molar-refractivity contribution in [1.82, 2.24) is 0 Å². The molecular formula is C26H25F3. The van der Waals surface area contributed by atoms with E-state index in [1.54, 1.807) is 12.1 Å². The minimum Gasteiger partial charge on any atom is -0.166 e. The SMILES string of the molecule is CCCCCCc1ccc2c(c1)Cc1cc(-c3ccc(C(F)(F)F)cc3)ccc1-2. The van der Waals surface area contributed by atoms with Crippen molar-refractivity contribution in [1.29, 1.82) is 0 Å². The van der Waals surface area contributed by atoms with Gasteiger partial charge < -0.3 is 0 Å². The van der Waals surface area contributed by atoms with Crippen molar-refractivity contribution in [2.75, 3.05) is 0 Å². The highest BCUT2D eigenvalue weighted by molar-refractivity contribution is 5.80.